The van der Waals surface area contributed by atoms with Gasteiger partial charge in [-0.15, -0.1) is 0 Å². The lowest BCUT2D eigenvalue weighted by Gasteiger charge is -2.21. The van der Waals surface area contributed by atoms with E-state index in [1.54, 1.807) is 13.8 Å². The molecule has 1 saturated heterocycles. The number of nitrogens with zero attached hydrogens (tertiary/aromatic N) is 2. The van der Waals surface area contributed by atoms with Gasteiger partial charge in [0.2, 0.25) is 12.5 Å². The minimum Gasteiger partial charge on any atom is -0.425 e. The van der Waals surface area contributed by atoms with Gasteiger partial charge in [-0.25, -0.2) is 9.59 Å². The van der Waals surface area contributed by atoms with Gasteiger partial charge in [0, 0.05) is 13.1 Å². The Labute approximate surface area is 163 Å². The van der Waals surface area contributed by atoms with Crippen molar-refractivity contribution in [2.24, 2.45) is 5.92 Å². The van der Waals surface area contributed by atoms with E-state index >= 15 is 0 Å². The van der Waals surface area contributed by atoms with Crippen molar-refractivity contribution in [2.45, 2.75) is 51.4 Å². The summed E-state index contributed by atoms with van der Waals surface area (Å²) in [7, 11) is 0. The highest BCUT2D eigenvalue weighted by atomic mass is 19.3. The van der Waals surface area contributed by atoms with E-state index in [1.165, 1.54) is 6.92 Å². The normalized spacial score (nSPS) is 24.2. The molecule has 2 rings (SSSR count). The Balaban J connectivity index is 2.05. The van der Waals surface area contributed by atoms with E-state index in [-0.39, 0.29) is 5.82 Å². The number of anilines is 1. The quantitative estimate of drug-likeness (QED) is 0.433. The van der Waals surface area contributed by atoms with Crippen molar-refractivity contribution in [3.8, 4) is 0 Å². The van der Waals surface area contributed by atoms with Gasteiger partial charge in [-0.1, -0.05) is 13.8 Å². The third-order valence-electron chi connectivity index (χ3n) is 3.90. The molecule has 1 fully saturated rings. The number of nitrogens with one attached hydrogen (secondary N) is 1. The van der Waals surface area contributed by atoms with Crippen LogP contribution in [0.4, 0.5) is 19.4 Å². The first-order chi connectivity index (χ1) is 13.5. The fourth-order valence-corrected chi connectivity index (χ4v) is 2.39. The minimum absolute atomic E-state index is 0.320. The number of halogens is 2. The van der Waals surface area contributed by atoms with Gasteiger partial charge in [-0.3, -0.25) is 14.7 Å². The molecule has 1 aliphatic rings. The maximum absolute atomic E-state index is 14.1. The van der Waals surface area contributed by atoms with E-state index in [0.29, 0.717) is 4.57 Å². The summed E-state index contributed by atoms with van der Waals surface area (Å²) in [6, 6.07) is 1.02. The van der Waals surface area contributed by atoms with Crippen LogP contribution < -0.4 is 11.0 Å². The Hall–Kier alpha value is -2.64. The Morgan fingerprint density at radius 2 is 2.03 bits per heavy atom. The van der Waals surface area contributed by atoms with Gasteiger partial charge in [0.25, 0.3) is 0 Å². The summed E-state index contributed by atoms with van der Waals surface area (Å²) in [5, 5.41) is 20.6. The van der Waals surface area contributed by atoms with Gasteiger partial charge in [-0.05, 0) is 6.07 Å². The van der Waals surface area contributed by atoms with Gasteiger partial charge in [0.1, 0.15) is 11.9 Å². The molecular formula is C16H21F2N3O8. The van der Waals surface area contributed by atoms with Gasteiger partial charge in [0.05, 0.1) is 12.5 Å². The number of aliphatic hydroxyl groups excluding tert-OH is 2. The van der Waals surface area contributed by atoms with Crippen molar-refractivity contribution in [1.29, 1.82) is 0 Å². The van der Waals surface area contributed by atoms with Gasteiger partial charge in [0.15, 0.2) is 6.10 Å². The predicted molar refractivity (Wildman–Crippen MR) is 90.9 cm³/mol. The first kappa shape index (κ1) is 22.6. The molecule has 0 spiro atoms. The summed E-state index contributed by atoms with van der Waals surface area (Å²) in [6.45, 7) is 3.61. The average molecular weight is 421 g/mol. The summed E-state index contributed by atoms with van der Waals surface area (Å²) in [5.41, 5.74) is -1.21. The number of hydrogen-bond acceptors (Lipinski definition) is 9. The molecule has 3 N–H and O–H groups in total. The van der Waals surface area contributed by atoms with Gasteiger partial charge in [-0.2, -0.15) is 13.8 Å². The summed E-state index contributed by atoms with van der Waals surface area (Å²) in [6.07, 6.45) is -7.52. The van der Waals surface area contributed by atoms with Crippen molar-refractivity contribution in [1.82, 2.24) is 9.55 Å². The summed E-state index contributed by atoms with van der Waals surface area (Å²) in [4.78, 5) is 38.7. The first-order valence-corrected chi connectivity index (χ1v) is 8.56. The molecule has 2 heterocycles. The lowest BCUT2D eigenvalue weighted by Crippen LogP contribution is -2.41. The molecule has 0 saturated carbocycles. The molecule has 4 atom stereocenters. The maximum atomic E-state index is 14.1. The number of amides is 1. The van der Waals surface area contributed by atoms with Crippen LogP contribution in [-0.2, 0) is 19.0 Å². The second kappa shape index (κ2) is 8.80. The topological polar surface area (TPSA) is 149 Å². The molecule has 0 aromatic carbocycles. The van der Waals surface area contributed by atoms with Crippen LogP contribution in [0, 0.1) is 5.92 Å². The molecule has 1 unspecified atom stereocenters. The Bertz CT molecular complexity index is 816. The molecule has 162 valence electrons. The zero-order valence-electron chi connectivity index (χ0n) is 15.7. The standard InChI is InChI=1S/C16H21F2N3O8/c1-7(2)12(24)27-8(3)28-15(26)20-10-4-5-21(14(25)19-10)13-16(17,18)11(23)9(6-22)29-13/h4-5,7-9,11,13,22-23H,6H2,1-3H3,(H,19,20,25,26)/t8?,9-,11-,13-/m1/s1. The SMILES string of the molecule is CC(OC(=O)Nc1ccn([C@@H]2O[C@H](CO)[C@@H](O)C2(F)F)c(=O)n1)OC(=O)C(C)C. The van der Waals surface area contributed by atoms with E-state index in [1.807, 2.05) is 0 Å². The maximum Gasteiger partial charge on any atom is 0.415 e. The molecule has 13 heteroatoms. The lowest BCUT2D eigenvalue weighted by atomic mass is 10.1. The van der Waals surface area contributed by atoms with E-state index in [4.69, 9.17) is 19.3 Å². The van der Waals surface area contributed by atoms with Crippen molar-refractivity contribution in [2.75, 3.05) is 11.9 Å². The Morgan fingerprint density at radius 3 is 2.55 bits per heavy atom. The second-order valence-electron chi connectivity index (χ2n) is 6.52. The van der Waals surface area contributed by atoms with Crippen molar-refractivity contribution in [3.05, 3.63) is 22.7 Å². The van der Waals surface area contributed by atoms with Crippen LogP contribution in [0.3, 0.4) is 0 Å². The number of alkyl halides is 2. The molecule has 11 nitrogen and oxygen atoms in total. The molecular weight excluding hydrogens is 400 g/mol. The Morgan fingerprint density at radius 1 is 1.38 bits per heavy atom. The van der Waals surface area contributed by atoms with Gasteiger partial charge < -0.3 is 24.4 Å². The number of aliphatic hydroxyl groups is 2. The average Bonchev–Trinajstić information content (AvgIpc) is 2.84. The van der Waals surface area contributed by atoms with E-state index < -0.39 is 60.9 Å². The number of carbonyl (C=O) groups is 2. The van der Waals surface area contributed by atoms with Crippen molar-refractivity contribution < 1.29 is 42.8 Å². The van der Waals surface area contributed by atoms with Crippen LogP contribution >= 0.6 is 0 Å². The smallest absolute Gasteiger partial charge is 0.415 e. The van der Waals surface area contributed by atoms with Gasteiger partial charge >= 0.3 is 23.7 Å². The molecule has 0 radical (unpaired) electrons. The lowest BCUT2D eigenvalue weighted by molar-refractivity contribution is -0.168. The number of rotatable bonds is 6. The second-order valence-corrected chi connectivity index (χ2v) is 6.52. The zero-order valence-corrected chi connectivity index (χ0v) is 15.7. The highest BCUT2D eigenvalue weighted by Gasteiger charge is 2.59. The van der Waals surface area contributed by atoms with Crippen molar-refractivity contribution >= 4 is 17.9 Å². The number of aromatic nitrogens is 2. The first-order valence-electron chi connectivity index (χ1n) is 8.56. The largest absolute Gasteiger partial charge is 0.425 e. The van der Waals surface area contributed by atoms with Crippen LogP contribution in [0.15, 0.2) is 17.1 Å². The molecule has 0 bridgehead atoms. The summed E-state index contributed by atoms with van der Waals surface area (Å²) < 4.78 is 43.1. The minimum atomic E-state index is -3.86. The van der Waals surface area contributed by atoms with E-state index in [9.17, 15) is 28.3 Å². The summed E-state index contributed by atoms with van der Waals surface area (Å²) in [5.74, 6) is -5.20. The molecule has 1 aromatic rings. The molecule has 29 heavy (non-hydrogen) atoms. The van der Waals surface area contributed by atoms with E-state index in [0.717, 1.165) is 12.3 Å². The monoisotopic (exact) mass is 421 g/mol. The van der Waals surface area contributed by atoms with Crippen LogP contribution in [0.2, 0.25) is 0 Å². The molecule has 1 aromatic heterocycles. The zero-order chi connectivity index (χ0) is 21.9. The fraction of sp³-hybridized carbons (Fsp3) is 0.625. The van der Waals surface area contributed by atoms with Crippen LogP contribution in [0.5, 0.6) is 0 Å². The van der Waals surface area contributed by atoms with Crippen LogP contribution in [0.1, 0.15) is 27.0 Å². The van der Waals surface area contributed by atoms with Crippen molar-refractivity contribution in [3.63, 3.8) is 0 Å². The predicted octanol–water partition coefficient (Wildman–Crippen LogP) is 0.223. The third-order valence-corrected chi connectivity index (χ3v) is 3.90. The number of hydrogen-bond donors (Lipinski definition) is 3. The molecule has 1 amide bonds. The van der Waals surface area contributed by atoms with Crippen LogP contribution in [0.25, 0.3) is 0 Å². The number of carbonyl (C=O) groups excluding carboxylic acids is 2. The number of esters is 1. The molecule has 1 aliphatic heterocycles. The Kier molecular flexibility index (Phi) is 6.87. The summed E-state index contributed by atoms with van der Waals surface area (Å²) >= 11 is 0. The number of ether oxygens (including phenoxy) is 3. The highest BCUT2D eigenvalue weighted by molar-refractivity contribution is 5.83. The molecule has 0 aliphatic carbocycles. The fourth-order valence-electron chi connectivity index (χ4n) is 2.39. The highest BCUT2D eigenvalue weighted by Crippen LogP contribution is 2.41. The third kappa shape index (κ3) is 5.05. The van der Waals surface area contributed by atoms with Crippen LogP contribution in [-0.4, -0.2) is 62.9 Å². The van der Waals surface area contributed by atoms with E-state index in [2.05, 4.69) is 10.3 Å².